The van der Waals surface area contributed by atoms with Gasteiger partial charge < -0.3 is 23.3 Å². The molecule has 2 saturated heterocycles. The van der Waals surface area contributed by atoms with Crippen molar-refractivity contribution in [2.45, 2.75) is 136 Å². The van der Waals surface area contributed by atoms with Crippen LogP contribution in [0.4, 0.5) is 0 Å². The van der Waals surface area contributed by atoms with Gasteiger partial charge in [-0.25, -0.2) is 0 Å². The van der Waals surface area contributed by atoms with E-state index in [9.17, 15) is 0 Å². The van der Waals surface area contributed by atoms with Crippen LogP contribution in [0.15, 0.2) is 164 Å². The zero-order chi connectivity index (χ0) is 64.9. The first-order chi connectivity index (χ1) is 42.0. The van der Waals surface area contributed by atoms with Gasteiger partial charge >= 0.3 is 14.4 Å². The first-order valence-corrected chi connectivity index (χ1v) is 28.3. The van der Waals surface area contributed by atoms with Crippen molar-refractivity contribution >= 4 is 82.9 Å². The number of hydrogen-bond acceptors (Lipinski definition) is 7. The van der Waals surface area contributed by atoms with Crippen molar-refractivity contribution < 1.29 is 39.7 Å². The van der Waals surface area contributed by atoms with Gasteiger partial charge in [0, 0.05) is 73.8 Å². The smallest absolute Gasteiger partial charge is 0.399 e. The molecule has 394 valence electrons. The van der Waals surface area contributed by atoms with E-state index in [-0.39, 0.29) is 17.3 Å². The first kappa shape index (κ1) is 40.3. The van der Waals surface area contributed by atoms with Crippen molar-refractivity contribution in [1.82, 2.24) is 0 Å². The Balaban J connectivity index is 0.000000148. The van der Waals surface area contributed by atoms with Crippen LogP contribution in [0, 0.1) is 0 Å². The number of rotatable bonds is 5. The summed E-state index contributed by atoms with van der Waals surface area (Å²) in [5.41, 5.74) is 2.70. The van der Waals surface area contributed by atoms with Gasteiger partial charge in [0.1, 0.15) is 0 Å². The van der Waals surface area contributed by atoms with Crippen molar-refractivity contribution in [3.63, 3.8) is 0 Å². The quantitative estimate of drug-likeness (QED) is 0.161. The third kappa shape index (κ3) is 8.62. The minimum absolute atomic E-state index is 0.120. The molecule has 5 nitrogen and oxygen atoms in total. The fourth-order valence-corrected chi connectivity index (χ4v) is 13.8. The standard InChI is InChI=1S/C33H31BO2S.C27H20S.C9H19BO3/c1-31(2)26-15-8-7-11-22(26)23-18-17-20(19-27(23)31)21-12-9-13-24-25-14-10-16-28(30(25)37-29(21)24)34-35-32(3,4)33(5,6)36-34;1-27(2)23-12-5-3-8-19(23)20-15-14-17(16-24(20)27)18-10-7-11-22-21-9-4-6-13-25(21)28-26(18)22;1-7(2)11-10-12-8(3,4)9(5,6)13-10/h7-19H,1-6H3;3-16H,1-2H3;7H,1-6H3/i2*1D3,2D3;. The Labute approximate surface area is 487 Å². The Hall–Kier alpha value is -5.87. The van der Waals surface area contributed by atoms with E-state index in [0.717, 1.165) is 58.0 Å². The molecule has 10 aromatic rings. The normalized spacial score (nSPS) is 21.3. The van der Waals surface area contributed by atoms with Crippen LogP contribution < -0.4 is 5.46 Å². The molecule has 0 amide bonds. The summed E-state index contributed by atoms with van der Waals surface area (Å²) in [6, 6.07) is 51.9. The molecule has 0 saturated carbocycles. The van der Waals surface area contributed by atoms with Gasteiger partial charge in [0.25, 0.3) is 0 Å². The molecule has 0 spiro atoms. The highest BCUT2D eigenvalue weighted by Gasteiger charge is 2.54. The molecule has 8 aromatic carbocycles. The summed E-state index contributed by atoms with van der Waals surface area (Å²) in [6.07, 6.45) is 0.120. The second-order valence-corrected chi connectivity index (χ2v) is 25.3. The zero-order valence-corrected chi connectivity index (χ0v) is 47.3. The first-order valence-electron chi connectivity index (χ1n) is 32.7. The molecule has 78 heavy (non-hydrogen) atoms. The van der Waals surface area contributed by atoms with Gasteiger partial charge in [-0.3, -0.25) is 0 Å². The Bertz CT molecular complexity index is 4400. The molecular weight excluding hydrogens is 995 g/mol. The second kappa shape index (κ2) is 18.9. The second-order valence-electron chi connectivity index (χ2n) is 23.2. The van der Waals surface area contributed by atoms with E-state index >= 15 is 0 Å². The molecule has 0 N–H and O–H groups in total. The Morgan fingerprint density at radius 2 is 0.821 bits per heavy atom. The molecule has 0 atom stereocenters. The fourth-order valence-electron chi connectivity index (χ4n) is 11.2. The molecule has 9 heteroatoms. The SMILES string of the molecule is CC(C)OB1OC(C)(C)C(C)(C)O1.[2H]C([2H])([2H])C1(C([2H])([2H])[2H])c2ccccc2-c2ccc(-c3cccc4c3sc3c(B5OC(C)(C)C(C)(C)O5)cccc34)cc21.[2H]C([2H])([2H])C1(C([2H])([2H])[2H])c2ccccc2-c2ccc(-c3cccc4c3sc3ccccc34)cc21. The van der Waals surface area contributed by atoms with E-state index in [0.29, 0.717) is 44.5 Å². The minimum atomic E-state index is -2.81. The van der Waals surface area contributed by atoms with E-state index in [2.05, 4.69) is 30.3 Å². The topological polar surface area (TPSA) is 46.2 Å². The predicted molar refractivity (Wildman–Crippen MR) is 333 cm³/mol. The van der Waals surface area contributed by atoms with Crippen LogP contribution in [0.5, 0.6) is 0 Å². The summed E-state index contributed by atoms with van der Waals surface area (Å²) in [7, 11) is -1.03. The lowest BCUT2D eigenvalue weighted by Crippen LogP contribution is -2.41. The molecule has 14 rings (SSSR count). The summed E-state index contributed by atoms with van der Waals surface area (Å²) in [6.45, 7) is 9.00. The molecule has 0 bridgehead atoms. The van der Waals surface area contributed by atoms with Crippen LogP contribution >= 0.6 is 22.7 Å². The Morgan fingerprint density at radius 1 is 0.410 bits per heavy atom. The van der Waals surface area contributed by atoms with Gasteiger partial charge in [-0.15, -0.1) is 22.7 Å². The lowest BCUT2D eigenvalue weighted by atomic mass is 9.78. The predicted octanol–water partition coefficient (Wildman–Crippen LogP) is 18.4. The van der Waals surface area contributed by atoms with Crippen LogP contribution in [0.3, 0.4) is 0 Å². The van der Waals surface area contributed by atoms with Gasteiger partial charge in [0.05, 0.1) is 22.4 Å². The van der Waals surface area contributed by atoms with Crippen LogP contribution in [0.25, 0.3) is 84.9 Å². The minimum Gasteiger partial charge on any atom is -0.399 e. The average Bonchev–Trinajstić information content (AvgIpc) is 1.50. The highest BCUT2D eigenvalue weighted by Crippen LogP contribution is 2.52. The third-order valence-corrected chi connectivity index (χ3v) is 19.3. The van der Waals surface area contributed by atoms with Gasteiger partial charge in [-0.2, -0.15) is 0 Å². The van der Waals surface area contributed by atoms with Crippen LogP contribution in [-0.4, -0.2) is 42.9 Å². The highest BCUT2D eigenvalue weighted by atomic mass is 32.1. The van der Waals surface area contributed by atoms with Gasteiger partial charge in [0.15, 0.2) is 0 Å². The monoisotopic (exact) mass is 1080 g/mol. The molecule has 2 aromatic heterocycles. The van der Waals surface area contributed by atoms with Crippen LogP contribution in [0.1, 0.15) is 135 Å². The summed E-state index contributed by atoms with van der Waals surface area (Å²) < 4.78 is 136. The lowest BCUT2D eigenvalue weighted by Gasteiger charge is -2.32. The van der Waals surface area contributed by atoms with Crippen molar-refractivity contribution in [1.29, 1.82) is 0 Å². The van der Waals surface area contributed by atoms with Gasteiger partial charge in [0.2, 0.25) is 0 Å². The Kier molecular flexibility index (Phi) is 9.76. The van der Waals surface area contributed by atoms with E-state index < -0.39 is 63.9 Å². The number of thiophene rings is 2. The average molecular weight is 1080 g/mol. The number of benzene rings is 8. The van der Waals surface area contributed by atoms with E-state index in [4.69, 9.17) is 39.7 Å². The maximum absolute atomic E-state index is 8.59. The Morgan fingerprint density at radius 3 is 1.35 bits per heavy atom. The molecule has 2 aliphatic carbocycles. The summed E-state index contributed by atoms with van der Waals surface area (Å²) >= 11 is 3.34. The maximum atomic E-state index is 8.59. The van der Waals surface area contributed by atoms with Gasteiger partial charge in [-0.05, 0) is 160 Å². The van der Waals surface area contributed by atoms with E-state index in [1.807, 2.05) is 166 Å². The van der Waals surface area contributed by atoms with E-state index in [1.54, 1.807) is 59.1 Å². The fraction of sp³-hybridized carbons (Fsp3) is 0.304. The van der Waals surface area contributed by atoms with Crippen molar-refractivity contribution in [3.8, 4) is 44.5 Å². The summed E-state index contributed by atoms with van der Waals surface area (Å²) in [5.74, 6) is 0. The third-order valence-electron chi connectivity index (χ3n) is 16.8. The maximum Gasteiger partial charge on any atom is 0.640 e. The molecule has 4 aliphatic rings. The largest absolute Gasteiger partial charge is 0.640 e. The molecular formula is C69H70B2O5S2. The zero-order valence-electron chi connectivity index (χ0n) is 57.7. The molecule has 2 aliphatic heterocycles. The van der Waals surface area contributed by atoms with Crippen molar-refractivity contribution in [2.75, 3.05) is 0 Å². The summed E-state index contributed by atoms with van der Waals surface area (Å²) in [4.78, 5) is 0. The molecule has 2 fully saturated rings. The molecule has 0 unspecified atom stereocenters. The van der Waals surface area contributed by atoms with Crippen molar-refractivity contribution in [2.24, 2.45) is 0 Å². The highest BCUT2D eigenvalue weighted by molar-refractivity contribution is 7.27. The summed E-state index contributed by atoms with van der Waals surface area (Å²) in [5, 5.41) is 4.47. The van der Waals surface area contributed by atoms with Crippen LogP contribution in [0.2, 0.25) is 0 Å². The van der Waals surface area contributed by atoms with E-state index in [1.165, 1.54) is 10.1 Å². The van der Waals surface area contributed by atoms with Crippen LogP contribution in [-0.2, 0) is 34.1 Å². The van der Waals surface area contributed by atoms with Crippen molar-refractivity contribution in [3.05, 3.63) is 186 Å². The number of fused-ring (bicyclic) bond motifs is 12. The molecule has 4 heterocycles. The molecule has 0 radical (unpaired) electrons. The number of hydrogen-bond donors (Lipinski definition) is 0. The lowest BCUT2D eigenvalue weighted by molar-refractivity contribution is 0.00578. The van der Waals surface area contributed by atoms with Gasteiger partial charge in [-0.1, -0.05) is 173 Å².